The molecular formula is C10H10N4. The van der Waals surface area contributed by atoms with Crippen molar-refractivity contribution in [3.63, 3.8) is 0 Å². The molecule has 0 saturated heterocycles. The summed E-state index contributed by atoms with van der Waals surface area (Å²) in [6.45, 7) is 0. The summed E-state index contributed by atoms with van der Waals surface area (Å²) in [5.41, 5.74) is 6.97. The molecule has 0 saturated carbocycles. The van der Waals surface area contributed by atoms with Crippen molar-refractivity contribution in [1.82, 2.24) is 0 Å². The molecule has 0 aliphatic carbocycles. The fourth-order valence-electron chi connectivity index (χ4n) is 1.44. The Morgan fingerprint density at radius 3 is 2.57 bits per heavy atom. The minimum atomic E-state index is 0.581. The van der Waals surface area contributed by atoms with Gasteiger partial charge in [0, 0.05) is 5.39 Å². The predicted octanol–water partition coefficient (Wildman–Crippen LogP) is 2.38. The Balaban J connectivity index is 2.82. The smallest absolute Gasteiger partial charge is 0.118 e. The minimum Gasteiger partial charge on any atom is -0.397 e. The van der Waals surface area contributed by atoms with Gasteiger partial charge in [-0.05, 0) is 11.5 Å². The van der Waals surface area contributed by atoms with E-state index >= 15 is 0 Å². The van der Waals surface area contributed by atoms with Crippen LogP contribution >= 0.6 is 0 Å². The van der Waals surface area contributed by atoms with E-state index in [2.05, 4.69) is 10.3 Å². The average Bonchev–Trinajstić information content (AvgIpc) is 2.23. The number of rotatable bonds is 1. The first-order valence-electron chi connectivity index (χ1n) is 4.21. The van der Waals surface area contributed by atoms with Gasteiger partial charge >= 0.3 is 0 Å². The molecule has 0 heterocycles. The van der Waals surface area contributed by atoms with Gasteiger partial charge in [0.15, 0.2) is 0 Å². The molecule has 2 aromatic rings. The number of hydrogen-bond donors (Lipinski definition) is 2. The van der Waals surface area contributed by atoms with E-state index < -0.39 is 0 Å². The summed E-state index contributed by atoms with van der Waals surface area (Å²) in [4.78, 5) is 0. The van der Waals surface area contributed by atoms with Crippen LogP contribution in [-0.2, 0) is 0 Å². The summed E-state index contributed by atoms with van der Waals surface area (Å²) >= 11 is 0. The van der Waals surface area contributed by atoms with E-state index in [0.29, 0.717) is 11.4 Å². The molecule has 0 atom stereocenters. The zero-order chi connectivity index (χ0) is 9.97. The monoisotopic (exact) mass is 186 g/mol. The number of fused-ring (bicyclic) bond motifs is 1. The van der Waals surface area contributed by atoms with Crippen molar-refractivity contribution in [2.75, 3.05) is 5.73 Å². The molecule has 4 N–H and O–H groups in total. The largest absolute Gasteiger partial charge is 0.397 e. The van der Waals surface area contributed by atoms with E-state index in [0.717, 1.165) is 10.8 Å². The maximum atomic E-state index is 5.76. The van der Waals surface area contributed by atoms with Gasteiger partial charge in [-0.15, -0.1) is 5.11 Å². The van der Waals surface area contributed by atoms with Crippen LogP contribution in [0.5, 0.6) is 0 Å². The molecule has 0 amide bonds. The molecule has 2 aromatic carbocycles. The summed E-state index contributed by atoms with van der Waals surface area (Å²) in [6, 6.07) is 11.6. The molecule has 14 heavy (non-hydrogen) atoms. The van der Waals surface area contributed by atoms with Gasteiger partial charge in [-0.2, -0.15) is 0 Å². The highest BCUT2D eigenvalue weighted by molar-refractivity contribution is 5.97. The molecule has 0 fully saturated rings. The van der Waals surface area contributed by atoms with Gasteiger partial charge in [-0.25, -0.2) is 0 Å². The minimum absolute atomic E-state index is 0.581. The summed E-state index contributed by atoms with van der Waals surface area (Å²) in [6.07, 6.45) is 0. The van der Waals surface area contributed by atoms with Crippen LogP contribution in [0.4, 0.5) is 11.4 Å². The zero-order valence-corrected chi connectivity index (χ0v) is 7.51. The van der Waals surface area contributed by atoms with Crippen molar-refractivity contribution in [3.05, 3.63) is 36.4 Å². The van der Waals surface area contributed by atoms with E-state index in [1.807, 2.05) is 30.3 Å². The van der Waals surface area contributed by atoms with Crippen LogP contribution in [0.15, 0.2) is 46.7 Å². The number of anilines is 1. The Morgan fingerprint density at radius 2 is 1.79 bits per heavy atom. The first-order chi connectivity index (χ1) is 6.83. The predicted molar refractivity (Wildman–Crippen MR) is 57.1 cm³/mol. The standard InChI is InChI=1S/C10H10N4/c11-9-6-5-7-3-1-2-4-8(7)10(9)13-14-12/h1-6H,11H2,(H2,12,13). The summed E-state index contributed by atoms with van der Waals surface area (Å²) in [7, 11) is 0. The van der Waals surface area contributed by atoms with E-state index in [-0.39, 0.29) is 0 Å². The lowest BCUT2D eigenvalue weighted by Gasteiger charge is -2.03. The van der Waals surface area contributed by atoms with Gasteiger partial charge in [-0.1, -0.05) is 35.6 Å². The average molecular weight is 186 g/mol. The fourth-order valence-corrected chi connectivity index (χ4v) is 1.44. The van der Waals surface area contributed by atoms with E-state index in [1.54, 1.807) is 6.07 Å². The van der Waals surface area contributed by atoms with Crippen molar-refractivity contribution in [3.8, 4) is 0 Å². The lowest BCUT2D eigenvalue weighted by Crippen LogP contribution is -1.86. The molecule has 0 aromatic heterocycles. The van der Waals surface area contributed by atoms with Gasteiger partial charge in [-0.3, -0.25) is 0 Å². The van der Waals surface area contributed by atoms with Crippen LogP contribution in [0.25, 0.3) is 10.8 Å². The number of benzene rings is 2. The zero-order valence-electron chi connectivity index (χ0n) is 7.51. The molecule has 0 radical (unpaired) electrons. The van der Waals surface area contributed by atoms with Crippen LogP contribution < -0.4 is 11.6 Å². The third-order valence-corrected chi connectivity index (χ3v) is 2.09. The van der Waals surface area contributed by atoms with Crippen LogP contribution in [0.3, 0.4) is 0 Å². The molecule has 0 spiro atoms. The van der Waals surface area contributed by atoms with Gasteiger partial charge in [0.1, 0.15) is 5.69 Å². The first kappa shape index (κ1) is 8.50. The van der Waals surface area contributed by atoms with Crippen molar-refractivity contribution in [1.29, 1.82) is 0 Å². The second kappa shape index (κ2) is 3.33. The van der Waals surface area contributed by atoms with Crippen molar-refractivity contribution in [2.24, 2.45) is 16.2 Å². The molecule has 0 unspecified atom stereocenters. The molecule has 4 nitrogen and oxygen atoms in total. The van der Waals surface area contributed by atoms with Gasteiger partial charge in [0.2, 0.25) is 0 Å². The first-order valence-corrected chi connectivity index (χ1v) is 4.21. The fraction of sp³-hybridized carbons (Fsp3) is 0. The Labute approximate surface area is 81.2 Å². The molecular weight excluding hydrogens is 176 g/mol. The van der Waals surface area contributed by atoms with Crippen LogP contribution in [0, 0.1) is 0 Å². The third kappa shape index (κ3) is 1.26. The number of nitrogen functional groups attached to an aromatic ring is 1. The van der Waals surface area contributed by atoms with E-state index in [4.69, 9.17) is 11.6 Å². The number of nitrogens with zero attached hydrogens (tertiary/aromatic N) is 2. The third-order valence-electron chi connectivity index (χ3n) is 2.09. The molecule has 70 valence electrons. The highest BCUT2D eigenvalue weighted by atomic mass is 15.3. The number of hydrogen-bond acceptors (Lipinski definition) is 3. The summed E-state index contributed by atoms with van der Waals surface area (Å²) in [5, 5.41) is 9.11. The van der Waals surface area contributed by atoms with Crippen molar-refractivity contribution >= 4 is 22.1 Å². The highest BCUT2D eigenvalue weighted by Gasteiger charge is 2.03. The molecule has 0 bridgehead atoms. The van der Waals surface area contributed by atoms with Gasteiger partial charge in [0.05, 0.1) is 5.69 Å². The van der Waals surface area contributed by atoms with Crippen LogP contribution in [-0.4, -0.2) is 0 Å². The Kier molecular flexibility index (Phi) is 2.02. The van der Waals surface area contributed by atoms with Crippen LogP contribution in [0.2, 0.25) is 0 Å². The lowest BCUT2D eigenvalue weighted by molar-refractivity contribution is 1.07. The molecule has 0 aliphatic heterocycles. The quantitative estimate of drug-likeness (QED) is 0.310. The molecule has 4 heteroatoms. The second-order valence-electron chi connectivity index (χ2n) is 2.94. The van der Waals surface area contributed by atoms with Gasteiger partial charge in [0.25, 0.3) is 0 Å². The van der Waals surface area contributed by atoms with E-state index in [1.165, 1.54) is 0 Å². The van der Waals surface area contributed by atoms with Crippen LogP contribution in [0.1, 0.15) is 0 Å². The molecule has 0 aliphatic rings. The maximum Gasteiger partial charge on any atom is 0.118 e. The Morgan fingerprint density at radius 1 is 1.00 bits per heavy atom. The highest BCUT2D eigenvalue weighted by Crippen LogP contribution is 2.31. The molecule has 2 rings (SSSR count). The Hall–Kier alpha value is -2.10. The van der Waals surface area contributed by atoms with Crippen molar-refractivity contribution in [2.45, 2.75) is 0 Å². The summed E-state index contributed by atoms with van der Waals surface area (Å²) < 4.78 is 0. The number of nitrogens with two attached hydrogens (primary N) is 2. The topological polar surface area (TPSA) is 76.8 Å². The Bertz CT molecular complexity index is 490. The van der Waals surface area contributed by atoms with E-state index in [9.17, 15) is 0 Å². The van der Waals surface area contributed by atoms with Crippen molar-refractivity contribution < 1.29 is 0 Å². The second-order valence-corrected chi connectivity index (χ2v) is 2.94. The maximum absolute atomic E-state index is 5.76. The van der Waals surface area contributed by atoms with Gasteiger partial charge < -0.3 is 11.6 Å². The SMILES string of the molecule is NN=Nc1c(N)ccc2ccccc12. The summed E-state index contributed by atoms with van der Waals surface area (Å²) in [5.74, 6) is 5.02. The normalized spacial score (nSPS) is 11.1. The lowest BCUT2D eigenvalue weighted by atomic mass is 10.1.